The summed E-state index contributed by atoms with van der Waals surface area (Å²) in [7, 11) is 1.98. The van der Waals surface area contributed by atoms with Crippen LogP contribution in [0.4, 0.5) is 0 Å². The summed E-state index contributed by atoms with van der Waals surface area (Å²) in [6, 6.07) is 12.9. The molecule has 0 radical (unpaired) electrons. The highest BCUT2D eigenvalue weighted by molar-refractivity contribution is 9.11. The van der Waals surface area contributed by atoms with Gasteiger partial charge in [-0.05, 0) is 46.2 Å². The van der Waals surface area contributed by atoms with Crippen molar-refractivity contribution in [1.82, 2.24) is 5.32 Å². The van der Waals surface area contributed by atoms with Crippen molar-refractivity contribution in [2.75, 3.05) is 7.05 Å². The molecule has 0 saturated heterocycles. The van der Waals surface area contributed by atoms with Gasteiger partial charge in [-0.1, -0.05) is 24.3 Å². The first-order valence-corrected chi connectivity index (χ1v) is 7.07. The Hall–Kier alpha value is -0.680. The lowest BCUT2D eigenvalue weighted by atomic mass is 10.0. The number of hydrogen-bond donors (Lipinski definition) is 2. The topological polar surface area (TPSA) is 38.0 Å². The summed E-state index contributed by atoms with van der Waals surface area (Å²) in [5, 5.41) is 3.35. The Kier molecular flexibility index (Phi) is 4.34. The maximum atomic E-state index is 5.68. The number of benzene rings is 1. The van der Waals surface area contributed by atoms with E-state index in [9.17, 15) is 0 Å². The molecule has 3 N–H and O–H groups in total. The fourth-order valence-corrected chi connectivity index (χ4v) is 3.42. The number of rotatable bonds is 4. The monoisotopic (exact) mass is 310 g/mol. The van der Waals surface area contributed by atoms with Crippen molar-refractivity contribution in [2.45, 2.75) is 12.6 Å². The van der Waals surface area contributed by atoms with Crippen LogP contribution < -0.4 is 11.1 Å². The molecule has 1 heterocycles. The van der Waals surface area contributed by atoms with Gasteiger partial charge < -0.3 is 11.1 Å². The standard InChI is InChI=1S/C13H15BrN2S/c1-16-13(11-5-6-12(14)17-11)10-4-2-3-9(7-10)8-15/h2-7,13,16H,8,15H2,1H3. The van der Waals surface area contributed by atoms with Gasteiger partial charge in [-0.25, -0.2) is 0 Å². The van der Waals surface area contributed by atoms with Crippen molar-refractivity contribution < 1.29 is 0 Å². The summed E-state index contributed by atoms with van der Waals surface area (Å²) in [6.45, 7) is 0.582. The van der Waals surface area contributed by atoms with Crippen molar-refractivity contribution in [3.63, 3.8) is 0 Å². The maximum Gasteiger partial charge on any atom is 0.0702 e. The van der Waals surface area contributed by atoms with Crippen LogP contribution in [-0.4, -0.2) is 7.05 Å². The van der Waals surface area contributed by atoms with Gasteiger partial charge in [-0.15, -0.1) is 11.3 Å². The van der Waals surface area contributed by atoms with Crippen molar-refractivity contribution in [3.8, 4) is 0 Å². The SMILES string of the molecule is CNC(c1cccc(CN)c1)c1ccc(Br)s1. The van der Waals surface area contributed by atoms with E-state index in [1.807, 2.05) is 7.05 Å². The first-order valence-electron chi connectivity index (χ1n) is 5.46. The first kappa shape index (κ1) is 12.8. The summed E-state index contributed by atoms with van der Waals surface area (Å²) in [6.07, 6.45) is 0. The van der Waals surface area contributed by atoms with Crippen LogP contribution in [-0.2, 0) is 6.54 Å². The van der Waals surface area contributed by atoms with Gasteiger partial charge in [-0.3, -0.25) is 0 Å². The van der Waals surface area contributed by atoms with E-state index in [0.29, 0.717) is 6.54 Å². The molecule has 2 rings (SSSR count). The third-order valence-corrected chi connectivity index (χ3v) is 4.38. The minimum atomic E-state index is 0.234. The lowest BCUT2D eigenvalue weighted by Gasteiger charge is -2.15. The van der Waals surface area contributed by atoms with E-state index in [1.54, 1.807) is 11.3 Å². The molecule has 4 heteroatoms. The van der Waals surface area contributed by atoms with Gasteiger partial charge in [-0.2, -0.15) is 0 Å². The Morgan fingerprint density at radius 3 is 2.76 bits per heavy atom. The average Bonchev–Trinajstić information content (AvgIpc) is 2.77. The Bertz CT molecular complexity index is 496. The van der Waals surface area contributed by atoms with Gasteiger partial charge in [0.25, 0.3) is 0 Å². The van der Waals surface area contributed by atoms with Crippen LogP contribution in [0.15, 0.2) is 40.2 Å². The molecule has 0 fully saturated rings. The third kappa shape index (κ3) is 2.96. The normalized spacial score (nSPS) is 12.6. The van der Waals surface area contributed by atoms with Crippen LogP contribution in [0, 0.1) is 0 Å². The number of hydrogen-bond acceptors (Lipinski definition) is 3. The average molecular weight is 311 g/mol. The van der Waals surface area contributed by atoms with Crippen molar-refractivity contribution in [2.24, 2.45) is 5.73 Å². The number of thiophene rings is 1. The summed E-state index contributed by atoms with van der Waals surface area (Å²) in [4.78, 5) is 1.30. The molecule has 0 saturated carbocycles. The number of nitrogens with two attached hydrogens (primary N) is 1. The van der Waals surface area contributed by atoms with E-state index in [0.717, 1.165) is 3.79 Å². The molecule has 1 aromatic heterocycles. The molecule has 1 atom stereocenters. The maximum absolute atomic E-state index is 5.68. The van der Waals surface area contributed by atoms with E-state index < -0.39 is 0 Å². The smallest absolute Gasteiger partial charge is 0.0702 e. The van der Waals surface area contributed by atoms with Gasteiger partial charge >= 0.3 is 0 Å². The van der Waals surface area contributed by atoms with Gasteiger partial charge in [0.1, 0.15) is 0 Å². The summed E-state index contributed by atoms with van der Waals surface area (Å²) in [5.41, 5.74) is 8.10. The molecule has 2 nitrogen and oxygen atoms in total. The molecular formula is C13H15BrN2S. The van der Waals surface area contributed by atoms with Crippen LogP contribution in [0.3, 0.4) is 0 Å². The molecule has 0 aliphatic rings. The second kappa shape index (κ2) is 5.78. The van der Waals surface area contributed by atoms with Gasteiger partial charge in [0, 0.05) is 11.4 Å². The van der Waals surface area contributed by atoms with Gasteiger partial charge in [0.2, 0.25) is 0 Å². The molecule has 90 valence electrons. The largest absolute Gasteiger partial charge is 0.326 e. The van der Waals surface area contributed by atoms with Crippen LogP contribution in [0.2, 0.25) is 0 Å². The number of nitrogens with one attached hydrogen (secondary N) is 1. The fraction of sp³-hybridized carbons (Fsp3) is 0.231. The Balaban J connectivity index is 2.34. The molecule has 17 heavy (non-hydrogen) atoms. The predicted octanol–water partition coefficient (Wildman–Crippen LogP) is 3.28. The zero-order valence-corrected chi connectivity index (χ0v) is 12.0. The highest BCUT2D eigenvalue weighted by Crippen LogP contribution is 2.31. The highest BCUT2D eigenvalue weighted by Gasteiger charge is 2.14. The summed E-state index contributed by atoms with van der Waals surface area (Å²) < 4.78 is 1.16. The van der Waals surface area contributed by atoms with E-state index in [1.165, 1.54) is 16.0 Å². The number of halogens is 1. The lowest BCUT2D eigenvalue weighted by Crippen LogP contribution is -2.16. The van der Waals surface area contributed by atoms with Crippen LogP contribution in [0.5, 0.6) is 0 Å². The molecule has 0 bridgehead atoms. The Morgan fingerprint density at radius 1 is 1.35 bits per heavy atom. The fourth-order valence-electron chi connectivity index (χ4n) is 1.86. The third-order valence-electron chi connectivity index (χ3n) is 2.69. The molecule has 1 aromatic carbocycles. The van der Waals surface area contributed by atoms with Crippen molar-refractivity contribution in [1.29, 1.82) is 0 Å². The van der Waals surface area contributed by atoms with Crippen LogP contribution in [0.1, 0.15) is 22.0 Å². The van der Waals surface area contributed by atoms with Crippen LogP contribution in [0.25, 0.3) is 0 Å². The molecule has 1 unspecified atom stereocenters. The van der Waals surface area contributed by atoms with Crippen LogP contribution >= 0.6 is 27.3 Å². The molecule has 0 spiro atoms. The van der Waals surface area contributed by atoms with E-state index in [-0.39, 0.29) is 6.04 Å². The minimum Gasteiger partial charge on any atom is -0.326 e. The van der Waals surface area contributed by atoms with E-state index in [4.69, 9.17) is 5.73 Å². The predicted molar refractivity (Wildman–Crippen MR) is 77.3 cm³/mol. The zero-order valence-electron chi connectivity index (χ0n) is 9.61. The highest BCUT2D eigenvalue weighted by atomic mass is 79.9. The summed E-state index contributed by atoms with van der Waals surface area (Å²) in [5.74, 6) is 0. The molecule has 0 aliphatic carbocycles. The Labute approximate surface area is 114 Å². The van der Waals surface area contributed by atoms with Crippen molar-refractivity contribution >= 4 is 27.3 Å². The van der Waals surface area contributed by atoms with E-state index in [2.05, 4.69) is 57.6 Å². The Morgan fingerprint density at radius 2 is 2.18 bits per heavy atom. The second-order valence-corrected chi connectivity index (χ2v) is 6.31. The summed E-state index contributed by atoms with van der Waals surface area (Å²) >= 11 is 5.25. The first-order chi connectivity index (χ1) is 8.24. The molecule has 0 amide bonds. The van der Waals surface area contributed by atoms with Gasteiger partial charge in [0.05, 0.1) is 9.83 Å². The molecule has 0 aliphatic heterocycles. The van der Waals surface area contributed by atoms with Gasteiger partial charge in [0.15, 0.2) is 0 Å². The minimum absolute atomic E-state index is 0.234. The zero-order chi connectivity index (χ0) is 12.3. The lowest BCUT2D eigenvalue weighted by molar-refractivity contribution is 0.702. The van der Waals surface area contributed by atoms with E-state index >= 15 is 0 Å². The quantitative estimate of drug-likeness (QED) is 0.909. The molecular weight excluding hydrogens is 296 g/mol. The second-order valence-electron chi connectivity index (χ2n) is 3.81. The van der Waals surface area contributed by atoms with Crippen molar-refractivity contribution in [3.05, 3.63) is 56.2 Å². The molecule has 2 aromatic rings.